The second-order valence-electron chi connectivity index (χ2n) is 2.91. The molecule has 0 aliphatic carbocycles. The van der Waals surface area contributed by atoms with Crippen molar-refractivity contribution in [3.63, 3.8) is 0 Å². The van der Waals surface area contributed by atoms with Crippen molar-refractivity contribution in [2.24, 2.45) is 0 Å². The van der Waals surface area contributed by atoms with Gasteiger partial charge in [0.15, 0.2) is 0 Å². The quantitative estimate of drug-likeness (QED) is 0.476. The van der Waals surface area contributed by atoms with Gasteiger partial charge < -0.3 is 5.73 Å². The summed E-state index contributed by atoms with van der Waals surface area (Å²) in [6, 6.07) is 0. The van der Waals surface area contributed by atoms with Crippen LogP contribution in [0.25, 0.3) is 0 Å². The maximum atomic E-state index is 12.8. The van der Waals surface area contributed by atoms with E-state index in [2.05, 4.69) is 5.73 Å². The highest BCUT2D eigenvalue weighted by Crippen LogP contribution is 2.22. The Morgan fingerprint density at radius 1 is 1.33 bits per heavy atom. The van der Waals surface area contributed by atoms with Gasteiger partial charge in [0.25, 0.3) is 5.92 Å². The number of unbranched alkanes of at least 4 members (excludes halogenated alkanes) is 2. The van der Waals surface area contributed by atoms with Crippen LogP contribution in [-0.2, 0) is 0 Å². The van der Waals surface area contributed by atoms with Crippen LogP contribution < -0.4 is 5.73 Å². The summed E-state index contributed by atoms with van der Waals surface area (Å²) in [6.45, 7) is 2.44. The van der Waals surface area contributed by atoms with Crippen LogP contribution in [0, 0.1) is 0 Å². The van der Waals surface area contributed by atoms with Crippen LogP contribution in [0.3, 0.4) is 0 Å². The van der Waals surface area contributed by atoms with Crippen molar-refractivity contribution in [2.45, 2.75) is 38.5 Å². The molecule has 0 aromatic rings. The third-order valence-corrected chi connectivity index (χ3v) is 1.64. The van der Waals surface area contributed by atoms with Crippen molar-refractivity contribution in [3.05, 3.63) is 12.2 Å². The lowest BCUT2D eigenvalue weighted by molar-refractivity contribution is -0.353. The Kier molecular flexibility index (Phi) is 5.89. The molecule has 0 unspecified atom stereocenters. The zero-order valence-electron chi connectivity index (χ0n) is 7.65. The minimum atomic E-state index is -2.62. The predicted molar refractivity (Wildman–Crippen MR) is 46.0 cm³/mol. The van der Waals surface area contributed by atoms with E-state index in [1.807, 2.05) is 6.92 Å². The molecule has 0 saturated carbocycles. The molecule has 12 heavy (non-hydrogen) atoms. The van der Waals surface area contributed by atoms with E-state index in [-0.39, 0.29) is 6.42 Å². The van der Waals surface area contributed by atoms with Crippen LogP contribution in [0.2, 0.25) is 0 Å². The Balaban J connectivity index is 3.63. The van der Waals surface area contributed by atoms with E-state index in [0.717, 1.165) is 18.9 Å². The van der Waals surface area contributed by atoms with Crippen molar-refractivity contribution >= 4 is 0 Å². The molecule has 0 spiro atoms. The molecule has 3 N–H and O–H groups in total. The fraction of sp³-hybridized carbons (Fsp3) is 0.778. The van der Waals surface area contributed by atoms with Crippen LogP contribution in [0.1, 0.15) is 32.6 Å². The molecule has 3 heteroatoms. The van der Waals surface area contributed by atoms with Crippen LogP contribution in [0.4, 0.5) is 8.78 Å². The number of hydrogen-bond donors (Lipinski definition) is 1. The molecule has 0 radical (unpaired) electrons. The molecular weight excluding hydrogens is 160 g/mol. The Morgan fingerprint density at radius 2 is 2.00 bits per heavy atom. The third-order valence-electron chi connectivity index (χ3n) is 1.64. The lowest BCUT2D eigenvalue weighted by Gasteiger charge is -2.10. The first kappa shape index (κ1) is 11.6. The van der Waals surface area contributed by atoms with E-state index < -0.39 is 5.92 Å². The van der Waals surface area contributed by atoms with Gasteiger partial charge in [-0.2, -0.15) is 0 Å². The van der Waals surface area contributed by atoms with Gasteiger partial charge in [-0.05, 0) is 18.6 Å². The molecular formula is C9H18F2N+. The van der Waals surface area contributed by atoms with Gasteiger partial charge in [-0.25, -0.2) is 8.78 Å². The lowest BCUT2D eigenvalue weighted by Crippen LogP contribution is -2.49. The molecule has 0 aliphatic heterocycles. The van der Waals surface area contributed by atoms with E-state index in [1.165, 1.54) is 6.08 Å². The summed E-state index contributed by atoms with van der Waals surface area (Å²) in [4.78, 5) is 0. The van der Waals surface area contributed by atoms with Gasteiger partial charge in [0.05, 0.1) is 6.54 Å². The summed E-state index contributed by atoms with van der Waals surface area (Å²) in [6.07, 6.45) is 4.83. The normalized spacial score (nSPS) is 12.7. The van der Waals surface area contributed by atoms with Gasteiger partial charge in [0.2, 0.25) is 0 Å². The highest BCUT2D eigenvalue weighted by Gasteiger charge is 2.23. The zero-order valence-corrected chi connectivity index (χ0v) is 7.65. The fourth-order valence-electron chi connectivity index (χ4n) is 0.950. The van der Waals surface area contributed by atoms with Crippen LogP contribution >= 0.6 is 0 Å². The molecule has 1 nitrogen and oxygen atoms in total. The number of quaternary nitrogens is 1. The first-order valence-corrected chi connectivity index (χ1v) is 4.47. The lowest BCUT2D eigenvalue weighted by atomic mass is 10.1. The van der Waals surface area contributed by atoms with E-state index in [1.54, 1.807) is 0 Å². The van der Waals surface area contributed by atoms with Crippen LogP contribution in [0.15, 0.2) is 12.2 Å². The van der Waals surface area contributed by atoms with Gasteiger partial charge in [-0.3, -0.25) is 0 Å². The number of hydrogen-bond acceptors (Lipinski definition) is 0. The Hall–Kier alpha value is -0.440. The maximum Gasteiger partial charge on any atom is 0.266 e. The molecule has 0 heterocycles. The van der Waals surface area contributed by atoms with Gasteiger partial charge in [0.1, 0.15) is 0 Å². The summed E-state index contributed by atoms with van der Waals surface area (Å²) in [5.41, 5.74) is 3.47. The summed E-state index contributed by atoms with van der Waals surface area (Å²) in [7, 11) is 0. The number of halogens is 2. The van der Waals surface area contributed by atoms with Crippen LogP contribution in [0.5, 0.6) is 0 Å². The summed E-state index contributed by atoms with van der Waals surface area (Å²) < 4.78 is 25.6. The first-order chi connectivity index (χ1) is 5.62. The minimum Gasteiger partial charge on any atom is -0.354 e. The number of rotatable bonds is 6. The highest BCUT2D eigenvalue weighted by atomic mass is 19.3. The van der Waals surface area contributed by atoms with Crippen LogP contribution in [-0.4, -0.2) is 12.5 Å². The second kappa shape index (κ2) is 6.12. The standard InChI is InChI=1S/C9H17F2N/c1-2-3-4-6-9(10,11)7-5-8-12/h5,7H,2-4,6,8,12H2,1H3/p+1/b7-5-. The third kappa shape index (κ3) is 6.28. The Labute approximate surface area is 72.6 Å². The molecule has 72 valence electrons. The average Bonchev–Trinajstić information content (AvgIpc) is 2.01. The van der Waals surface area contributed by atoms with Gasteiger partial charge in [0, 0.05) is 6.42 Å². The van der Waals surface area contributed by atoms with E-state index in [0.29, 0.717) is 13.0 Å². The van der Waals surface area contributed by atoms with Crippen molar-refractivity contribution in [3.8, 4) is 0 Å². The van der Waals surface area contributed by atoms with Gasteiger partial charge in [-0.1, -0.05) is 19.8 Å². The maximum absolute atomic E-state index is 12.8. The fourth-order valence-corrected chi connectivity index (χ4v) is 0.950. The highest BCUT2D eigenvalue weighted by molar-refractivity contribution is 4.93. The monoisotopic (exact) mass is 178 g/mol. The van der Waals surface area contributed by atoms with E-state index in [4.69, 9.17) is 0 Å². The summed E-state index contributed by atoms with van der Waals surface area (Å²) >= 11 is 0. The molecule has 0 fully saturated rings. The number of alkyl halides is 2. The van der Waals surface area contributed by atoms with Crippen molar-refractivity contribution in [1.82, 2.24) is 0 Å². The van der Waals surface area contributed by atoms with Gasteiger partial charge >= 0.3 is 0 Å². The van der Waals surface area contributed by atoms with Crippen molar-refractivity contribution < 1.29 is 14.5 Å². The molecule has 0 saturated heterocycles. The molecule has 0 bridgehead atoms. The zero-order chi connectivity index (χ0) is 9.45. The molecule has 0 aromatic heterocycles. The second-order valence-corrected chi connectivity index (χ2v) is 2.91. The number of allylic oxidation sites excluding steroid dienone is 1. The Morgan fingerprint density at radius 3 is 2.50 bits per heavy atom. The van der Waals surface area contributed by atoms with Crippen molar-refractivity contribution in [2.75, 3.05) is 6.54 Å². The first-order valence-electron chi connectivity index (χ1n) is 4.47. The summed E-state index contributed by atoms with van der Waals surface area (Å²) in [5, 5.41) is 0. The van der Waals surface area contributed by atoms with Crippen molar-refractivity contribution in [1.29, 1.82) is 0 Å². The summed E-state index contributed by atoms with van der Waals surface area (Å²) in [5.74, 6) is -2.62. The minimum absolute atomic E-state index is 0.0304. The largest absolute Gasteiger partial charge is 0.354 e. The van der Waals surface area contributed by atoms with E-state index >= 15 is 0 Å². The predicted octanol–water partition coefficient (Wildman–Crippen LogP) is 2.00. The molecule has 0 aromatic carbocycles. The SMILES string of the molecule is CCCCCC(F)(F)/C=C\C[NH3+]. The smallest absolute Gasteiger partial charge is 0.266 e. The molecule has 0 rings (SSSR count). The average molecular weight is 178 g/mol. The molecule has 0 atom stereocenters. The molecule has 0 amide bonds. The van der Waals surface area contributed by atoms with E-state index in [9.17, 15) is 8.78 Å². The molecule has 0 aliphatic rings. The Bertz CT molecular complexity index is 132. The van der Waals surface area contributed by atoms with Gasteiger partial charge in [-0.15, -0.1) is 0 Å². The topological polar surface area (TPSA) is 27.6 Å².